The fourth-order valence-electron chi connectivity index (χ4n) is 2.29. The lowest BCUT2D eigenvalue weighted by Gasteiger charge is -2.28. The predicted molar refractivity (Wildman–Crippen MR) is 56.7 cm³/mol. The molecule has 0 amide bonds. The molecular weight excluding hydrogens is 176 g/mol. The summed E-state index contributed by atoms with van der Waals surface area (Å²) < 4.78 is 2.09. The van der Waals surface area contributed by atoms with Crippen LogP contribution in [0.4, 0.5) is 5.95 Å². The van der Waals surface area contributed by atoms with Crippen LogP contribution in [0, 0.1) is 5.92 Å². The van der Waals surface area contributed by atoms with Gasteiger partial charge in [-0.3, -0.25) is 0 Å². The minimum absolute atomic E-state index is 0.542. The van der Waals surface area contributed by atoms with Gasteiger partial charge in [-0.2, -0.15) is 0 Å². The van der Waals surface area contributed by atoms with Gasteiger partial charge in [-0.05, 0) is 38.1 Å². The van der Waals surface area contributed by atoms with Crippen molar-refractivity contribution >= 4 is 5.95 Å². The van der Waals surface area contributed by atoms with Crippen LogP contribution in [0.5, 0.6) is 0 Å². The highest BCUT2D eigenvalue weighted by Gasteiger charge is 2.21. The molecule has 0 spiro atoms. The quantitative estimate of drug-likeness (QED) is 0.742. The lowest BCUT2D eigenvalue weighted by atomic mass is 9.86. The van der Waals surface area contributed by atoms with Crippen molar-refractivity contribution in [3.63, 3.8) is 0 Å². The summed E-state index contributed by atoms with van der Waals surface area (Å²) in [5, 5.41) is 0. The molecule has 0 aromatic carbocycles. The second-order valence-electron chi connectivity index (χ2n) is 4.10. The van der Waals surface area contributed by atoms with Gasteiger partial charge in [0.25, 0.3) is 0 Å². The normalized spacial score (nSPS) is 27.8. The van der Waals surface area contributed by atoms with Crippen molar-refractivity contribution < 1.29 is 0 Å². The van der Waals surface area contributed by atoms with Crippen molar-refractivity contribution in [1.29, 1.82) is 0 Å². The van der Waals surface area contributed by atoms with Crippen LogP contribution in [0.3, 0.4) is 0 Å². The fourth-order valence-corrected chi connectivity index (χ4v) is 2.29. The van der Waals surface area contributed by atoms with Gasteiger partial charge in [-0.1, -0.05) is 0 Å². The summed E-state index contributed by atoms with van der Waals surface area (Å²) in [5.74, 6) is 1.36. The van der Waals surface area contributed by atoms with Crippen molar-refractivity contribution in [2.45, 2.75) is 31.7 Å². The summed E-state index contributed by atoms with van der Waals surface area (Å²) in [4.78, 5) is 4.05. The Hall–Kier alpha value is -1.03. The SMILES string of the molecule is NCC1CCC(n2ccnc2N)CC1. The van der Waals surface area contributed by atoms with E-state index in [2.05, 4.69) is 9.55 Å². The Bertz CT molecular complexity index is 286. The van der Waals surface area contributed by atoms with Gasteiger partial charge in [0.15, 0.2) is 5.95 Å². The standard InChI is InChI=1S/C10H18N4/c11-7-8-1-3-9(4-2-8)14-6-5-13-10(14)12/h5-6,8-9H,1-4,7,11H2,(H2,12,13). The van der Waals surface area contributed by atoms with Crippen LogP contribution in [-0.4, -0.2) is 16.1 Å². The van der Waals surface area contributed by atoms with Gasteiger partial charge in [-0.15, -0.1) is 0 Å². The number of nitrogens with two attached hydrogens (primary N) is 2. The molecule has 2 rings (SSSR count). The van der Waals surface area contributed by atoms with E-state index in [1.165, 1.54) is 25.7 Å². The Labute approximate surface area is 84.3 Å². The monoisotopic (exact) mass is 194 g/mol. The molecule has 14 heavy (non-hydrogen) atoms. The third-order valence-corrected chi connectivity index (χ3v) is 3.24. The lowest BCUT2D eigenvalue weighted by Crippen LogP contribution is -2.23. The summed E-state index contributed by atoms with van der Waals surface area (Å²) in [6, 6.07) is 0.542. The minimum atomic E-state index is 0.542. The predicted octanol–water partition coefficient (Wildman–Crippen LogP) is 1.16. The number of hydrogen-bond acceptors (Lipinski definition) is 3. The highest BCUT2D eigenvalue weighted by molar-refractivity contribution is 5.18. The zero-order valence-corrected chi connectivity index (χ0v) is 8.39. The Kier molecular flexibility index (Phi) is 2.72. The van der Waals surface area contributed by atoms with Gasteiger partial charge in [0.1, 0.15) is 0 Å². The highest BCUT2D eigenvalue weighted by Crippen LogP contribution is 2.32. The smallest absolute Gasteiger partial charge is 0.200 e. The molecule has 0 unspecified atom stereocenters. The van der Waals surface area contributed by atoms with Gasteiger partial charge in [0.05, 0.1) is 0 Å². The van der Waals surface area contributed by atoms with Crippen LogP contribution in [0.2, 0.25) is 0 Å². The maximum Gasteiger partial charge on any atom is 0.200 e. The molecular formula is C10H18N4. The first kappa shape index (κ1) is 9.52. The van der Waals surface area contributed by atoms with Gasteiger partial charge in [-0.25, -0.2) is 4.98 Å². The topological polar surface area (TPSA) is 69.9 Å². The molecule has 1 aromatic heterocycles. The summed E-state index contributed by atoms with van der Waals surface area (Å²) in [6.07, 6.45) is 8.55. The molecule has 78 valence electrons. The number of nitrogen functional groups attached to an aromatic ring is 1. The molecule has 1 aliphatic carbocycles. The van der Waals surface area contributed by atoms with Crippen LogP contribution >= 0.6 is 0 Å². The number of aromatic nitrogens is 2. The van der Waals surface area contributed by atoms with Crippen molar-refractivity contribution in [2.24, 2.45) is 11.7 Å². The number of anilines is 1. The first-order valence-corrected chi connectivity index (χ1v) is 5.29. The second-order valence-corrected chi connectivity index (χ2v) is 4.10. The molecule has 1 fully saturated rings. The van der Waals surface area contributed by atoms with E-state index in [0.717, 1.165) is 12.5 Å². The van der Waals surface area contributed by atoms with Crippen LogP contribution in [-0.2, 0) is 0 Å². The van der Waals surface area contributed by atoms with Crippen LogP contribution in [0.1, 0.15) is 31.7 Å². The fraction of sp³-hybridized carbons (Fsp3) is 0.700. The lowest BCUT2D eigenvalue weighted by molar-refractivity contribution is 0.281. The molecule has 0 radical (unpaired) electrons. The van der Waals surface area contributed by atoms with Gasteiger partial charge >= 0.3 is 0 Å². The summed E-state index contributed by atoms with van der Waals surface area (Å²) in [5.41, 5.74) is 11.4. The Morgan fingerprint density at radius 1 is 1.36 bits per heavy atom. The molecule has 4 N–H and O–H groups in total. The van der Waals surface area contributed by atoms with Crippen LogP contribution in [0.25, 0.3) is 0 Å². The van der Waals surface area contributed by atoms with Crippen LogP contribution in [0.15, 0.2) is 12.4 Å². The van der Waals surface area contributed by atoms with Crippen molar-refractivity contribution in [1.82, 2.24) is 9.55 Å². The largest absolute Gasteiger partial charge is 0.369 e. The van der Waals surface area contributed by atoms with E-state index in [1.807, 2.05) is 6.20 Å². The average molecular weight is 194 g/mol. The third kappa shape index (κ3) is 1.75. The molecule has 4 heteroatoms. The first-order chi connectivity index (χ1) is 6.81. The molecule has 0 atom stereocenters. The average Bonchev–Trinajstić information content (AvgIpc) is 2.65. The summed E-state index contributed by atoms with van der Waals surface area (Å²) >= 11 is 0. The molecule has 1 aromatic rings. The number of nitrogens with zero attached hydrogens (tertiary/aromatic N) is 2. The molecule has 0 saturated heterocycles. The van der Waals surface area contributed by atoms with Crippen molar-refractivity contribution in [3.05, 3.63) is 12.4 Å². The third-order valence-electron chi connectivity index (χ3n) is 3.24. The molecule has 1 saturated carbocycles. The van der Waals surface area contributed by atoms with E-state index >= 15 is 0 Å². The van der Waals surface area contributed by atoms with Gasteiger partial charge in [0, 0.05) is 18.4 Å². The Morgan fingerprint density at radius 2 is 2.07 bits per heavy atom. The van der Waals surface area contributed by atoms with E-state index < -0.39 is 0 Å². The Morgan fingerprint density at radius 3 is 2.57 bits per heavy atom. The first-order valence-electron chi connectivity index (χ1n) is 5.29. The van der Waals surface area contributed by atoms with Crippen molar-refractivity contribution in [2.75, 3.05) is 12.3 Å². The maximum absolute atomic E-state index is 5.77. The zero-order chi connectivity index (χ0) is 9.97. The van der Waals surface area contributed by atoms with Crippen LogP contribution < -0.4 is 11.5 Å². The molecule has 1 aliphatic rings. The number of hydrogen-bond donors (Lipinski definition) is 2. The van der Waals surface area contributed by atoms with Crippen molar-refractivity contribution in [3.8, 4) is 0 Å². The van der Waals surface area contributed by atoms with Gasteiger partial charge in [0.2, 0.25) is 0 Å². The number of imidazole rings is 1. The summed E-state index contributed by atoms with van der Waals surface area (Å²) in [7, 11) is 0. The molecule has 1 heterocycles. The van der Waals surface area contributed by atoms with E-state index in [9.17, 15) is 0 Å². The maximum atomic E-state index is 5.77. The highest BCUT2D eigenvalue weighted by atomic mass is 15.2. The van der Waals surface area contributed by atoms with E-state index in [-0.39, 0.29) is 0 Å². The molecule has 4 nitrogen and oxygen atoms in total. The van der Waals surface area contributed by atoms with E-state index in [4.69, 9.17) is 11.5 Å². The van der Waals surface area contributed by atoms with Gasteiger partial charge < -0.3 is 16.0 Å². The number of rotatable bonds is 2. The zero-order valence-electron chi connectivity index (χ0n) is 8.39. The summed E-state index contributed by atoms with van der Waals surface area (Å²) in [6.45, 7) is 0.826. The Balaban J connectivity index is 1.99. The molecule has 0 aliphatic heterocycles. The van der Waals surface area contributed by atoms with E-state index in [0.29, 0.717) is 12.0 Å². The van der Waals surface area contributed by atoms with E-state index in [1.54, 1.807) is 6.20 Å². The minimum Gasteiger partial charge on any atom is -0.369 e. The second kappa shape index (κ2) is 4.00. The molecule has 0 bridgehead atoms.